The molecule has 0 amide bonds. The quantitative estimate of drug-likeness (QED) is 0.810. The first-order chi connectivity index (χ1) is 6.74. The molecular weight excluding hydrogens is 239 g/mol. The van der Waals surface area contributed by atoms with Crippen molar-refractivity contribution in [1.82, 2.24) is 4.98 Å². The second kappa shape index (κ2) is 6.38. The first kappa shape index (κ1) is 12.0. The van der Waals surface area contributed by atoms with E-state index in [0.717, 1.165) is 18.7 Å². The monoisotopic (exact) mass is 250 g/mol. The summed E-state index contributed by atoms with van der Waals surface area (Å²) in [7, 11) is 0. The maximum Gasteiger partial charge on any atom is 0.144 e. The molecule has 5 heteroatoms. The Morgan fingerprint density at radius 2 is 2.29 bits per heavy atom. The van der Waals surface area contributed by atoms with Crippen LogP contribution in [0.15, 0.2) is 12.3 Å². The predicted molar refractivity (Wildman–Crippen MR) is 65.7 cm³/mol. The van der Waals surface area contributed by atoms with E-state index in [1.54, 1.807) is 12.3 Å². The Bertz CT molecular complexity index is 294. The van der Waals surface area contributed by atoms with E-state index in [1.165, 1.54) is 0 Å². The van der Waals surface area contributed by atoms with Crippen molar-refractivity contribution in [2.24, 2.45) is 0 Å². The molecule has 2 nitrogen and oxygen atoms in total. The molecule has 78 valence electrons. The van der Waals surface area contributed by atoms with Crippen molar-refractivity contribution in [3.63, 3.8) is 0 Å². The van der Waals surface area contributed by atoms with Crippen LogP contribution in [0.1, 0.15) is 6.42 Å². The van der Waals surface area contributed by atoms with Gasteiger partial charge >= 0.3 is 0 Å². The molecule has 1 rings (SSSR count). The van der Waals surface area contributed by atoms with Crippen LogP contribution in [0, 0.1) is 0 Å². The molecular formula is C9H12Cl2N2S. The summed E-state index contributed by atoms with van der Waals surface area (Å²) >= 11 is 13.5. The maximum atomic E-state index is 5.93. The van der Waals surface area contributed by atoms with E-state index < -0.39 is 0 Å². The molecule has 0 fully saturated rings. The van der Waals surface area contributed by atoms with E-state index in [1.807, 2.05) is 11.8 Å². The fourth-order valence-corrected chi connectivity index (χ4v) is 1.85. The Balaban J connectivity index is 2.42. The Morgan fingerprint density at radius 3 is 2.93 bits per heavy atom. The molecule has 0 aliphatic rings. The molecule has 0 saturated carbocycles. The summed E-state index contributed by atoms with van der Waals surface area (Å²) < 4.78 is 0. The highest BCUT2D eigenvalue weighted by Gasteiger charge is 2.01. The summed E-state index contributed by atoms with van der Waals surface area (Å²) in [6, 6.07) is 1.69. The van der Waals surface area contributed by atoms with Crippen LogP contribution in [0.2, 0.25) is 10.0 Å². The number of anilines is 1. The van der Waals surface area contributed by atoms with E-state index >= 15 is 0 Å². The van der Waals surface area contributed by atoms with Crippen LogP contribution >= 0.6 is 35.0 Å². The smallest absolute Gasteiger partial charge is 0.144 e. The molecule has 0 unspecified atom stereocenters. The van der Waals surface area contributed by atoms with E-state index in [2.05, 4.69) is 16.6 Å². The molecule has 1 aromatic rings. The van der Waals surface area contributed by atoms with Crippen LogP contribution in [0.5, 0.6) is 0 Å². The van der Waals surface area contributed by atoms with Crippen LogP contribution < -0.4 is 5.32 Å². The summed E-state index contributed by atoms with van der Waals surface area (Å²) in [5, 5.41) is 4.29. The molecule has 0 bridgehead atoms. The Labute approximate surface area is 98.4 Å². The van der Waals surface area contributed by atoms with Gasteiger partial charge in [-0.1, -0.05) is 23.2 Å². The first-order valence-corrected chi connectivity index (χ1v) is 6.43. The van der Waals surface area contributed by atoms with E-state index in [-0.39, 0.29) is 0 Å². The molecule has 1 heterocycles. The van der Waals surface area contributed by atoms with E-state index in [9.17, 15) is 0 Å². The largest absolute Gasteiger partial charge is 0.369 e. The van der Waals surface area contributed by atoms with Gasteiger partial charge in [-0.25, -0.2) is 4.98 Å². The van der Waals surface area contributed by atoms with Gasteiger partial charge in [-0.2, -0.15) is 11.8 Å². The number of halogens is 2. The highest BCUT2D eigenvalue weighted by atomic mass is 35.5. The summed E-state index contributed by atoms with van der Waals surface area (Å²) in [6.45, 7) is 0.884. The third-order valence-corrected chi connectivity index (χ3v) is 2.82. The number of aromatic nitrogens is 1. The molecule has 0 saturated heterocycles. The average molecular weight is 251 g/mol. The zero-order valence-corrected chi connectivity index (χ0v) is 10.2. The molecule has 0 spiro atoms. The van der Waals surface area contributed by atoms with Crippen LogP contribution in [0.3, 0.4) is 0 Å². The molecule has 14 heavy (non-hydrogen) atoms. The van der Waals surface area contributed by atoms with Gasteiger partial charge in [-0.3, -0.25) is 0 Å². The van der Waals surface area contributed by atoms with Crippen molar-refractivity contribution in [2.75, 3.05) is 23.9 Å². The van der Waals surface area contributed by atoms with Gasteiger partial charge in [0.2, 0.25) is 0 Å². The molecule has 0 aliphatic heterocycles. The fraction of sp³-hybridized carbons (Fsp3) is 0.444. The summed E-state index contributed by atoms with van der Waals surface area (Å²) in [5.41, 5.74) is 0. The second-order valence-corrected chi connectivity index (χ2v) is 4.59. The third kappa shape index (κ3) is 3.95. The van der Waals surface area contributed by atoms with Crippen LogP contribution in [-0.2, 0) is 0 Å². The van der Waals surface area contributed by atoms with Gasteiger partial charge in [-0.05, 0) is 24.5 Å². The summed E-state index contributed by atoms with van der Waals surface area (Å²) in [6.07, 6.45) is 4.78. The average Bonchev–Trinajstić information content (AvgIpc) is 2.15. The molecule has 0 aliphatic carbocycles. The summed E-state index contributed by atoms with van der Waals surface area (Å²) in [5.74, 6) is 1.84. The lowest BCUT2D eigenvalue weighted by molar-refractivity contribution is 0.982. The number of hydrogen-bond donors (Lipinski definition) is 1. The molecule has 1 aromatic heterocycles. The zero-order chi connectivity index (χ0) is 10.4. The number of hydrogen-bond acceptors (Lipinski definition) is 3. The van der Waals surface area contributed by atoms with Crippen LogP contribution in [0.4, 0.5) is 5.82 Å². The zero-order valence-electron chi connectivity index (χ0n) is 7.89. The van der Waals surface area contributed by atoms with Gasteiger partial charge in [0.1, 0.15) is 5.82 Å². The van der Waals surface area contributed by atoms with Crippen molar-refractivity contribution >= 4 is 40.8 Å². The highest BCUT2D eigenvalue weighted by Crippen LogP contribution is 2.22. The number of thioether (sulfide) groups is 1. The number of nitrogens with zero attached hydrogens (tertiary/aromatic N) is 1. The van der Waals surface area contributed by atoms with Gasteiger partial charge in [0.05, 0.1) is 10.0 Å². The van der Waals surface area contributed by atoms with Gasteiger partial charge < -0.3 is 5.32 Å². The fourth-order valence-electron chi connectivity index (χ4n) is 0.968. The molecule has 0 aromatic carbocycles. The van der Waals surface area contributed by atoms with Crippen molar-refractivity contribution < 1.29 is 0 Å². The molecule has 1 N–H and O–H groups in total. The van der Waals surface area contributed by atoms with Gasteiger partial charge in [0, 0.05) is 12.7 Å². The van der Waals surface area contributed by atoms with E-state index in [0.29, 0.717) is 15.9 Å². The van der Waals surface area contributed by atoms with Crippen LogP contribution in [-0.4, -0.2) is 23.5 Å². The molecule has 0 radical (unpaired) electrons. The van der Waals surface area contributed by atoms with Gasteiger partial charge in [0.25, 0.3) is 0 Å². The highest BCUT2D eigenvalue weighted by molar-refractivity contribution is 7.98. The predicted octanol–water partition coefficient (Wildman–Crippen LogP) is 3.55. The Hall–Kier alpha value is -0.120. The van der Waals surface area contributed by atoms with Gasteiger partial charge in [-0.15, -0.1) is 0 Å². The Kier molecular flexibility index (Phi) is 5.45. The van der Waals surface area contributed by atoms with E-state index in [4.69, 9.17) is 23.2 Å². The van der Waals surface area contributed by atoms with Crippen molar-refractivity contribution in [3.8, 4) is 0 Å². The summed E-state index contributed by atoms with van der Waals surface area (Å²) in [4.78, 5) is 4.09. The van der Waals surface area contributed by atoms with Crippen molar-refractivity contribution in [2.45, 2.75) is 6.42 Å². The first-order valence-electron chi connectivity index (χ1n) is 4.28. The standard InChI is InChI=1S/C9H12Cl2N2S/c1-14-4-2-3-12-9-8(11)5-7(10)6-13-9/h5-6H,2-4H2,1H3,(H,12,13). The van der Waals surface area contributed by atoms with Crippen molar-refractivity contribution in [1.29, 1.82) is 0 Å². The lowest BCUT2D eigenvalue weighted by atomic mass is 10.4. The van der Waals surface area contributed by atoms with Crippen molar-refractivity contribution in [3.05, 3.63) is 22.3 Å². The number of rotatable bonds is 5. The minimum absolute atomic E-state index is 0.560. The lowest BCUT2D eigenvalue weighted by Crippen LogP contribution is -2.04. The minimum Gasteiger partial charge on any atom is -0.369 e. The third-order valence-electron chi connectivity index (χ3n) is 1.63. The molecule has 0 atom stereocenters. The SMILES string of the molecule is CSCCCNc1ncc(Cl)cc1Cl. The Morgan fingerprint density at radius 1 is 1.50 bits per heavy atom. The maximum absolute atomic E-state index is 5.93. The number of nitrogens with one attached hydrogen (secondary N) is 1. The topological polar surface area (TPSA) is 24.9 Å². The normalized spacial score (nSPS) is 10.2. The second-order valence-electron chi connectivity index (χ2n) is 2.76. The number of pyridine rings is 1. The van der Waals surface area contributed by atoms with Crippen LogP contribution in [0.25, 0.3) is 0 Å². The minimum atomic E-state index is 0.560. The lowest BCUT2D eigenvalue weighted by Gasteiger charge is -2.06. The van der Waals surface area contributed by atoms with Gasteiger partial charge in [0.15, 0.2) is 0 Å².